The van der Waals surface area contributed by atoms with Gasteiger partial charge in [-0.1, -0.05) is 0 Å². The molecular formula is C17H19N5O5. The van der Waals surface area contributed by atoms with E-state index in [0.717, 1.165) is 19.3 Å². The Labute approximate surface area is 154 Å². The fraction of sp³-hybridized carbons (Fsp3) is 0.412. The highest BCUT2D eigenvalue weighted by atomic mass is 16.6. The van der Waals surface area contributed by atoms with Crippen LogP contribution in [0.3, 0.4) is 0 Å². The zero-order chi connectivity index (χ0) is 19.4. The average Bonchev–Trinajstić information content (AvgIpc) is 3.20. The van der Waals surface area contributed by atoms with Gasteiger partial charge in [0, 0.05) is 30.6 Å². The number of carboxylic acids is 1. The number of likely N-dealkylation sites (tertiary alicyclic amines) is 1. The molecule has 1 atom stereocenters. The highest BCUT2D eigenvalue weighted by Crippen LogP contribution is 2.27. The number of aromatic nitrogens is 3. The number of nitrogens with zero attached hydrogens (tertiary/aromatic N) is 5. The van der Waals surface area contributed by atoms with Crippen molar-refractivity contribution in [2.75, 3.05) is 6.54 Å². The fourth-order valence-corrected chi connectivity index (χ4v) is 3.35. The van der Waals surface area contributed by atoms with E-state index in [-0.39, 0.29) is 35.3 Å². The van der Waals surface area contributed by atoms with Crippen LogP contribution >= 0.6 is 0 Å². The van der Waals surface area contributed by atoms with Crippen molar-refractivity contribution in [3.8, 4) is 5.69 Å². The van der Waals surface area contributed by atoms with Gasteiger partial charge in [0.2, 0.25) is 0 Å². The number of aliphatic carboxylic acids is 1. The first kappa shape index (κ1) is 18.5. The largest absolute Gasteiger partial charge is 0.481 e. The monoisotopic (exact) mass is 373 g/mol. The summed E-state index contributed by atoms with van der Waals surface area (Å²) in [6.07, 6.45) is 5.46. The van der Waals surface area contributed by atoms with Gasteiger partial charge >= 0.3 is 5.97 Å². The van der Waals surface area contributed by atoms with Gasteiger partial charge in [-0.25, -0.2) is 9.67 Å². The maximum atomic E-state index is 12.9. The molecule has 1 N–H and O–H groups in total. The Balaban J connectivity index is 1.88. The van der Waals surface area contributed by atoms with Gasteiger partial charge in [-0.3, -0.25) is 19.7 Å². The minimum Gasteiger partial charge on any atom is -0.481 e. The number of amides is 1. The van der Waals surface area contributed by atoms with Crippen molar-refractivity contribution in [3.63, 3.8) is 0 Å². The lowest BCUT2D eigenvalue weighted by Gasteiger charge is -2.35. The van der Waals surface area contributed by atoms with Crippen molar-refractivity contribution in [2.24, 2.45) is 0 Å². The minimum absolute atomic E-state index is 0.0141. The van der Waals surface area contributed by atoms with Gasteiger partial charge in [-0.05, 0) is 37.8 Å². The molecule has 1 aliphatic rings. The van der Waals surface area contributed by atoms with Crippen LogP contribution in [0.4, 0.5) is 5.69 Å². The molecule has 0 spiro atoms. The van der Waals surface area contributed by atoms with Gasteiger partial charge in [0.15, 0.2) is 0 Å². The number of carbonyl (C=O) groups excluding carboxylic acids is 1. The van der Waals surface area contributed by atoms with E-state index in [9.17, 15) is 19.7 Å². The van der Waals surface area contributed by atoms with Crippen molar-refractivity contribution in [3.05, 3.63) is 46.5 Å². The highest BCUT2D eigenvalue weighted by Gasteiger charge is 2.29. The summed E-state index contributed by atoms with van der Waals surface area (Å²) in [6.45, 7) is 0.516. The van der Waals surface area contributed by atoms with Gasteiger partial charge in [-0.15, -0.1) is 0 Å². The summed E-state index contributed by atoms with van der Waals surface area (Å²) in [5.41, 5.74) is 0.174. The number of piperidine rings is 1. The molecule has 1 aliphatic heterocycles. The van der Waals surface area contributed by atoms with Crippen LogP contribution in [0.25, 0.3) is 5.69 Å². The molecule has 0 aliphatic carbocycles. The third-order valence-electron chi connectivity index (χ3n) is 4.66. The predicted molar refractivity (Wildman–Crippen MR) is 93.6 cm³/mol. The molecule has 0 saturated carbocycles. The van der Waals surface area contributed by atoms with Crippen LogP contribution in [-0.2, 0) is 4.79 Å². The quantitative estimate of drug-likeness (QED) is 0.605. The number of nitro benzene ring substituents is 1. The van der Waals surface area contributed by atoms with Crippen LogP contribution in [0.5, 0.6) is 0 Å². The highest BCUT2D eigenvalue weighted by molar-refractivity contribution is 5.95. The third-order valence-corrected chi connectivity index (χ3v) is 4.66. The molecule has 3 rings (SSSR count). The maximum absolute atomic E-state index is 12.9. The van der Waals surface area contributed by atoms with E-state index in [4.69, 9.17) is 5.11 Å². The lowest BCUT2D eigenvalue weighted by molar-refractivity contribution is -0.384. The lowest BCUT2D eigenvalue weighted by atomic mass is 9.96. The van der Waals surface area contributed by atoms with Crippen LogP contribution in [0, 0.1) is 10.1 Å². The second-order valence-corrected chi connectivity index (χ2v) is 6.38. The van der Waals surface area contributed by atoms with Crippen LogP contribution in [0.15, 0.2) is 30.9 Å². The molecule has 1 saturated heterocycles. The van der Waals surface area contributed by atoms with Crippen molar-refractivity contribution in [2.45, 2.75) is 38.1 Å². The summed E-state index contributed by atoms with van der Waals surface area (Å²) < 4.78 is 1.27. The minimum atomic E-state index is -0.902. The smallest absolute Gasteiger partial charge is 0.303 e. The predicted octanol–water partition coefficient (Wildman–Crippen LogP) is 2.04. The Morgan fingerprint density at radius 3 is 2.81 bits per heavy atom. The van der Waals surface area contributed by atoms with Gasteiger partial charge in [-0.2, -0.15) is 5.10 Å². The molecule has 1 aromatic heterocycles. The van der Waals surface area contributed by atoms with Gasteiger partial charge in [0.05, 0.1) is 4.92 Å². The summed E-state index contributed by atoms with van der Waals surface area (Å²) in [4.78, 5) is 40.1. The van der Waals surface area contributed by atoms with E-state index >= 15 is 0 Å². The third kappa shape index (κ3) is 4.10. The summed E-state index contributed by atoms with van der Waals surface area (Å²) in [5, 5.41) is 24.3. The van der Waals surface area contributed by atoms with Crippen LogP contribution in [0.2, 0.25) is 0 Å². The number of rotatable bonds is 6. The van der Waals surface area contributed by atoms with Crippen molar-refractivity contribution < 1.29 is 19.6 Å². The van der Waals surface area contributed by atoms with E-state index in [2.05, 4.69) is 10.1 Å². The zero-order valence-corrected chi connectivity index (χ0v) is 14.5. The van der Waals surface area contributed by atoms with E-state index < -0.39 is 10.9 Å². The number of hydrogen-bond acceptors (Lipinski definition) is 6. The molecule has 10 nitrogen and oxygen atoms in total. The first-order chi connectivity index (χ1) is 13.0. The van der Waals surface area contributed by atoms with Crippen LogP contribution in [0.1, 0.15) is 42.5 Å². The number of carbonyl (C=O) groups is 2. The summed E-state index contributed by atoms with van der Waals surface area (Å²) in [6, 6.07) is 4.06. The average molecular weight is 373 g/mol. The molecule has 0 radical (unpaired) electrons. The molecule has 142 valence electrons. The van der Waals surface area contributed by atoms with Crippen molar-refractivity contribution in [1.29, 1.82) is 0 Å². The topological polar surface area (TPSA) is 131 Å². The molecule has 1 aromatic carbocycles. The molecule has 27 heavy (non-hydrogen) atoms. The molecule has 1 amide bonds. The fourth-order valence-electron chi connectivity index (χ4n) is 3.35. The molecule has 10 heteroatoms. The summed E-state index contributed by atoms with van der Waals surface area (Å²) in [5.74, 6) is -1.22. The normalized spacial score (nSPS) is 16.9. The standard InChI is InChI=1S/C17H19N5O5/c23-16(24)7-5-13-3-1-2-8-20(13)17(25)12-4-6-14(15(9-12)22(26)27)21-11-18-10-19-21/h4,6,9-11,13H,1-3,5,7-8H2,(H,23,24). The van der Waals surface area contributed by atoms with Gasteiger partial charge < -0.3 is 10.0 Å². The molecule has 1 unspecified atom stereocenters. The van der Waals surface area contributed by atoms with E-state index in [0.29, 0.717) is 13.0 Å². The number of nitro groups is 1. The van der Waals surface area contributed by atoms with Crippen LogP contribution < -0.4 is 0 Å². The Morgan fingerprint density at radius 1 is 1.33 bits per heavy atom. The van der Waals surface area contributed by atoms with Gasteiger partial charge in [0.1, 0.15) is 18.3 Å². The summed E-state index contributed by atoms with van der Waals surface area (Å²) >= 11 is 0. The number of benzene rings is 1. The Hall–Kier alpha value is -3.30. The lowest BCUT2D eigenvalue weighted by Crippen LogP contribution is -2.44. The molecule has 2 heterocycles. The number of hydrogen-bond donors (Lipinski definition) is 1. The van der Waals surface area contributed by atoms with E-state index in [1.165, 1.54) is 35.5 Å². The molecule has 2 aromatic rings. The Kier molecular flexibility index (Phi) is 5.43. The van der Waals surface area contributed by atoms with Crippen molar-refractivity contribution >= 4 is 17.6 Å². The number of carboxylic acid groups (broad SMARTS) is 1. The molecule has 0 bridgehead atoms. The second kappa shape index (κ2) is 7.94. The Bertz CT molecular complexity index is 851. The SMILES string of the molecule is O=C(O)CCC1CCCCN1C(=O)c1ccc(-n2cncn2)c([N+](=O)[O-])c1. The van der Waals surface area contributed by atoms with Crippen LogP contribution in [-0.4, -0.2) is 54.2 Å². The first-order valence-corrected chi connectivity index (χ1v) is 8.63. The molecular weight excluding hydrogens is 354 g/mol. The van der Waals surface area contributed by atoms with Gasteiger partial charge in [0.25, 0.3) is 11.6 Å². The van der Waals surface area contributed by atoms with E-state index in [1.54, 1.807) is 4.90 Å². The maximum Gasteiger partial charge on any atom is 0.303 e. The van der Waals surface area contributed by atoms with E-state index in [1.807, 2.05) is 0 Å². The summed E-state index contributed by atoms with van der Waals surface area (Å²) in [7, 11) is 0. The first-order valence-electron chi connectivity index (χ1n) is 8.63. The zero-order valence-electron chi connectivity index (χ0n) is 14.5. The second-order valence-electron chi connectivity index (χ2n) is 6.38. The molecule has 1 fully saturated rings. The van der Waals surface area contributed by atoms with Crippen molar-refractivity contribution in [1.82, 2.24) is 19.7 Å². The Morgan fingerprint density at radius 2 is 2.15 bits per heavy atom.